The van der Waals surface area contributed by atoms with Crippen molar-refractivity contribution in [2.24, 2.45) is 5.41 Å². The van der Waals surface area contributed by atoms with Crippen LogP contribution in [0.25, 0.3) is 0 Å². The van der Waals surface area contributed by atoms with Crippen LogP contribution in [0.5, 0.6) is 5.75 Å². The van der Waals surface area contributed by atoms with Crippen molar-refractivity contribution >= 4 is 23.0 Å². The van der Waals surface area contributed by atoms with Crippen LogP contribution < -0.4 is 10.2 Å². The van der Waals surface area contributed by atoms with Crippen molar-refractivity contribution in [3.63, 3.8) is 0 Å². The Morgan fingerprint density at radius 2 is 1.52 bits per heavy atom. The van der Waals surface area contributed by atoms with Gasteiger partial charge in [0.2, 0.25) is 0 Å². The standard InChI is InChI=1S/C30H38N2O2.C10H20O4/c1-20(2)10-7-11-21(3)12-8-13-22(4)16-17-32-26-19-23(5)18-24(6)28(26)31-29-25(30(32)34)14-9-15-27(29)33;1-5-6(11)7(12)8(13)9(14-5)10(2,3)4/h9-10,12,14-16,18-19,31,33H,7-8,11,13,17H2,1-6H3;5-9,11-13H,1-4H3/b21-12+,22-16+;/t;5-,6-,7+,8-,9+/m.1/s1. The largest absolute Gasteiger partial charge is 0.506 e. The topological polar surface area (TPSA) is 122 Å². The molecule has 0 saturated carbocycles. The second-order valence-corrected chi connectivity index (χ2v) is 14.8. The van der Waals surface area contributed by atoms with Gasteiger partial charge in [-0.2, -0.15) is 0 Å². The van der Waals surface area contributed by atoms with Crippen molar-refractivity contribution in [1.82, 2.24) is 0 Å². The fourth-order valence-electron chi connectivity index (χ4n) is 6.08. The number of allylic oxidation sites excluding steroid dienone is 5. The van der Waals surface area contributed by atoms with Crippen molar-refractivity contribution in [3.8, 4) is 5.75 Å². The molecule has 2 aliphatic rings. The summed E-state index contributed by atoms with van der Waals surface area (Å²) in [7, 11) is 0. The smallest absolute Gasteiger partial charge is 0.260 e. The fourth-order valence-corrected chi connectivity index (χ4v) is 6.08. The molecule has 48 heavy (non-hydrogen) atoms. The van der Waals surface area contributed by atoms with Gasteiger partial charge < -0.3 is 35.4 Å². The molecule has 2 aromatic rings. The van der Waals surface area contributed by atoms with E-state index in [0.29, 0.717) is 17.8 Å². The maximum absolute atomic E-state index is 13.6. The van der Waals surface area contributed by atoms with Gasteiger partial charge in [0, 0.05) is 6.54 Å². The van der Waals surface area contributed by atoms with E-state index in [0.717, 1.165) is 48.2 Å². The number of benzene rings is 2. The lowest BCUT2D eigenvalue weighted by molar-refractivity contribution is -0.239. The summed E-state index contributed by atoms with van der Waals surface area (Å²) in [4.78, 5) is 15.4. The molecule has 0 spiro atoms. The highest BCUT2D eigenvalue weighted by Gasteiger charge is 2.46. The van der Waals surface area contributed by atoms with E-state index in [1.54, 1.807) is 25.1 Å². The van der Waals surface area contributed by atoms with Crippen LogP contribution in [0.3, 0.4) is 0 Å². The summed E-state index contributed by atoms with van der Waals surface area (Å²) in [5.74, 6) is -0.0293. The average Bonchev–Trinajstić information content (AvgIpc) is 3.11. The van der Waals surface area contributed by atoms with Gasteiger partial charge in [0.1, 0.15) is 24.1 Å². The van der Waals surface area contributed by atoms with E-state index < -0.39 is 30.5 Å². The molecule has 5 atom stereocenters. The molecule has 1 fully saturated rings. The van der Waals surface area contributed by atoms with Crippen molar-refractivity contribution < 1.29 is 30.0 Å². The normalized spacial score (nSPS) is 22.9. The number of phenols is 1. The average molecular weight is 663 g/mol. The Balaban J connectivity index is 0.000000373. The summed E-state index contributed by atoms with van der Waals surface area (Å²) in [6.07, 6.45) is 6.89. The Bertz CT molecular complexity index is 1510. The van der Waals surface area contributed by atoms with E-state index in [-0.39, 0.29) is 17.1 Å². The molecule has 2 heterocycles. The number of phenolic OH excluding ortho intramolecular Hbond substituents is 1. The molecule has 264 valence electrons. The minimum Gasteiger partial charge on any atom is -0.506 e. The molecule has 0 radical (unpaired) electrons. The summed E-state index contributed by atoms with van der Waals surface area (Å²) >= 11 is 0. The quantitative estimate of drug-likeness (QED) is 0.143. The summed E-state index contributed by atoms with van der Waals surface area (Å²) in [6.45, 7) is 20.7. The number of aliphatic hydroxyl groups is 3. The number of nitrogens with one attached hydrogen (secondary N) is 1. The third-order valence-electron chi connectivity index (χ3n) is 8.97. The SMILES string of the molecule is CC(C)=CCC/C(C)=C/CC/C(C)=C/CN1C(=O)c2cccc(O)c2Nc2c(C)cc(C)cc21.C[C@H]1O[C@H](C(C)(C)C)[C@H](O)[C@@H](O)[C@@H]1O. The second-order valence-electron chi connectivity index (χ2n) is 14.8. The summed E-state index contributed by atoms with van der Waals surface area (Å²) in [5.41, 5.74) is 8.60. The Hall–Kier alpha value is -3.43. The third-order valence-corrected chi connectivity index (χ3v) is 8.97. The van der Waals surface area contributed by atoms with E-state index in [9.17, 15) is 25.2 Å². The number of aromatic hydroxyl groups is 1. The van der Waals surface area contributed by atoms with Crippen LogP contribution in [-0.4, -0.2) is 63.4 Å². The van der Waals surface area contributed by atoms with Crippen molar-refractivity contribution in [2.75, 3.05) is 16.8 Å². The summed E-state index contributed by atoms with van der Waals surface area (Å²) in [6, 6.07) is 9.22. The monoisotopic (exact) mass is 662 g/mol. The Kier molecular flexibility index (Phi) is 13.6. The number of amides is 1. The molecule has 0 aromatic heterocycles. The summed E-state index contributed by atoms with van der Waals surface area (Å²) in [5, 5.41) is 42.5. The Morgan fingerprint density at radius 1 is 0.896 bits per heavy atom. The van der Waals surface area contributed by atoms with Crippen molar-refractivity contribution in [2.45, 2.75) is 125 Å². The van der Waals surface area contributed by atoms with Crippen LogP contribution in [0.15, 0.2) is 65.3 Å². The van der Waals surface area contributed by atoms with Gasteiger partial charge in [0.25, 0.3) is 5.91 Å². The zero-order chi connectivity index (χ0) is 35.9. The zero-order valence-corrected chi connectivity index (χ0v) is 30.6. The number of hydrogen-bond acceptors (Lipinski definition) is 7. The molecule has 0 bridgehead atoms. The van der Waals surface area contributed by atoms with Crippen molar-refractivity contribution in [3.05, 3.63) is 82.0 Å². The van der Waals surface area contributed by atoms with Crippen LogP contribution in [0.1, 0.15) is 103 Å². The van der Waals surface area contributed by atoms with Crippen molar-refractivity contribution in [1.29, 1.82) is 0 Å². The number of carbonyl (C=O) groups is 1. The van der Waals surface area contributed by atoms with Crippen LogP contribution in [-0.2, 0) is 4.74 Å². The lowest BCUT2D eigenvalue weighted by Gasteiger charge is -2.44. The number of aliphatic hydroxyl groups excluding tert-OH is 3. The molecule has 1 amide bonds. The number of rotatable bonds is 8. The number of aryl methyl sites for hydroxylation is 2. The van der Waals surface area contributed by atoms with E-state index in [2.05, 4.69) is 57.3 Å². The van der Waals surface area contributed by atoms with Gasteiger partial charge in [-0.1, -0.05) is 67.9 Å². The first kappa shape index (κ1) is 39.0. The molecule has 2 aromatic carbocycles. The van der Waals surface area contributed by atoms with E-state index in [1.807, 2.05) is 45.6 Å². The molecule has 0 aliphatic carbocycles. The van der Waals surface area contributed by atoms with E-state index in [4.69, 9.17) is 4.74 Å². The fraction of sp³-hybridized carbons (Fsp3) is 0.525. The first-order chi connectivity index (χ1) is 22.4. The number of ether oxygens (including phenoxy) is 1. The highest BCUT2D eigenvalue weighted by Crippen LogP contribution is 2.42. The highest BCUT2D eigenvalue weighted by atomic mass is 16.5. The molecule has 2 aliphatic heterocycles. The number of carbonyl (C=O) groups excluding carboxylic acids is 1. The molecule has 1 saturated heterocycles. The minimum absolute atomic E-state index is 0.0806. The van der Waals surface area contributed by atoms with Gasteiger partial charge in [-0.15, -0.1) is 0 Å². The van der Waals surface area contributed by atoms with Gasteiger partial charge in [-0.3, -0.25) is 4.79 Å². The number of para-hydroxylation sites is 1. The first-order valence-corrected chi connectivity index (χ1v) is 17.1. The van der Waals surface area contributed by atoms with Gasteiger partial charge in [-0.05, 0) is 109 Å². The lowest BCUT2D eigenvalue weighted by Crippen LogP contribution is -2.59. The van der Waals surface area contributed by atoms with Gasteiger partial charge in [0.15, 0.2) is 0 Å². The summed E-state index contributed by atoms with van der Waals surface area (Å²) < 4.78 is 5.49. The van der Waals surface area contributed by atoms with Crippen LogP contribution in [0.2, 0.25) is 0 Å². The molecule has 0 unspecified atom stereocenters. The zero-order valence-electron chi connectivity index (χ0n) is 30.6. The van der Waals surface area contributed by atoms with Crippen LogP contribution in [0.4, 0.5) is 17.1 Å². The molecular formula is C40H58N2O6. The number of hydrogen-bond donors (Lipinski definition) is 5. The Morgan fingerprint density at radius 3 is 2.15 bits per heavy atom. The molecular weight excluding hydrogens is 604 g/mol. The predicted molar refractivity (Wildman–Crippen MR) is 196 cm³/mol. The molecule has 8 heteroatoms. The number of anilines is 3. The molecule has 5 N–H and O–H groups in total. The van der Waals surface area contributed by atoms with E-state index >= 15 is 0 Å². The minimum atomic E-state index is -1.12. The highest BCUT2D eigenvalue weighted by molar-refractivity contribution is 6.14. The van der Waals surface area contributed by atoms with Gasteiger partial charge >= 0.3 is 0 Å². The molecule has 8 nitrogen and oxygen atoms in total. The first-order valence-electron chi connectivity index (χ1n) is 17.1. The number of nitrogens with zero attached hydrogens (tertiary/aromatic N) is 1. The van der Waals surface area contributed by atoms with Crippen LogP contribution >= 0.6 is 0 Å². The Labute approximate surface area is 287 Å². The third kappa shape index (κ3) is 10.0. The molecule has 4 rings (SSSR count). The van der Waals surface area contributed by atoms with Gasteiger partial charge in [0.05, 0.1) is 34.8 Å². The maximum atomic E-state index is 13.6. The lowest BCUT2D eigenvalue weighted by atomic mass is 9.80. The maximum Gasteiger partial charge on any atom is 0.260 e. The predicted octanol–water partition coefficient (Wildman–Crippen LogP) is 8.03. The van der Waals surface area contributed by atoms with Crippen LogP contribution in [0, 0.1) is 19.3 Å². The van der Waals surface area contributed by atoms with E-state index in [1.165, 1.54) is 16.7 Å². The van der Waals surface area contributed by atoms with Gasteiger partial charge in [-0.25, -0.2) is 0 Å². The second kappa shape index (κ2) is 16.8. The number of fused-ring (bicyclic) bond motifs is 2.